The van der Waals surface area contributed by atoms with Crippen molar-refractivity contribution in [2.24, 2.45) is 0 Å². The number of aryl methyl sites for hydroxylation is 1. The zero-order chi connectivity index (χ0) is 25.1. The highest BCUT2D eigenvalue weighted by molar-refractivity contribution is 5.98. The molecule has 3 heterocycles. The lowest BCUT2D eigenvalue weighted by atomic mass is 10.1. The van der Waals surface area contributed by atoms with E-state index in [1.54, 1.807) is 44.4 Å². The SMILES string of the molecule is Cc1cc2cc(C(=O)N(Cc3ccc(C(=O)N(C)C)cn3)Cc3ncccc3F)ccc2nc1N. The molecule has 0 aliphatic heterocycles. The minimum Gasteiger partial charge on any atom is -0.383 e. The first-order chi connectivity index (χ1) is 16.7. The van der Waals surface area contributed by atoms with E-state index >= 15 is 0 Å². The number of fused-ring (bicyclic) bond motifs is 1. The number of nitrogens with two attached hydrogens (primary N) is 1. The molecule has 8 nitrogen and oxygen atoms in total. The van der Waals surface area contributed by atoms with E-state index in [0.717, 1.165) is 10.9 Å². The number of rotatable bonds is 6. The van der Waals surface area contributed by atoms with Crippen LogP contribution in [0.1, 0.15) is 37.7 Å². The number of anilines is 1. The maximum absolute atomic E-state index is 14.4. The van der Waals surface area contributed by atoms with Gasteiger partial charge in [0.25, 0.3) is 11.8 Å². The molecule has 178 valence electrons. The third-order valence-corrected chi connectivity index (χ3v) is 5.58. The van der Waals surface area contributed by atoms with E-state index in [1.807, 2.05) is 13.0 Å². The second-order valence-electron chi connectivity index (χ2n) is 8.43. The molecule has 1 aromatic carbocycles. The van der Waals surface area contributed by atoms with Crippen LogP contribution in [0.2, 0.25) is 0 Å². The fraction of sp³-hybridized carbons (Fsp3) is 0.192. The van der Waals surface area contributed by atoms with Crippen LogP contribution in [0.15, 0.2) is 60.9 Å². The fourth-order valence-corrected chi connectivity index (χ4v) is 3.63. The smallest absolute Gasteiger partial charge is 0.254 e. The van der Waals surface area contributed by atoms with Crippen LogP contribution in [-0.4, -0.2) is 50.7 Å². The number of benzene rings is 1. The summed E-state index contributed by atoms with van der Waals surface area (Å²) in [4.78, 5) is 41.5. The van der Waals surface area contributed by atoms with E-state index in [0.29, 0.717) is 28.2 Å². The van der Waals surface area contributed by atoms with Gasteiger partial charge in [0.1, 0.15) is 11.6 Å². The molecule has 0 radical (unpaired) electrons. The van der Waals surface area contributed by atoms with Crippen molar-refractivity contribution in [3.05, 3.63) is 94.8 Å². The largest absolute Gasteiger partial charge is 0.383 e. The van der Waals surface area contributed by atoms with Gasteiger partial charge in [-0.05, 0) is 61.0 Å². The summed E-state index contributed by atoms with van der Waals surface area (Å²) in [5, 5.41) is 0.774. The van der Waals surface area contributed by atoms with Crippen LogP contribution < -0.4 is 5.73 Å². The molecule has 0 saturated carbocycles. The Morgan fingerprint density at radius 2 is 1.74 bits per heavy atom. The first kappa shape index (κ1) is 23.7. The average molecular weight is 473 g/mol. The Bertz CT molecular complexity index is 1410. The molecular formula is C26H25FN6O2. The van der Waals surface area contributed by atoms with Gasteiger partial charge >= 0.3 is 0 Å². The number of pyridine rings is 3. The van der Waals surface area contributed by atoms with Crippen LogP contribution in [0.3, 0.4) is 0 Å². The summed E-state index contributed by atoms with van der Waals surface area (Å²) in [6.45, 7) is 1.90. The third-order valence-electron chi connectivity index (χ3n) is 5.58. The van der Waals surface area contributed by atoms with Crippen LogP contribution >= 0.6 is 0 Å². The number of aromatic nitrogens is 3. The van der Waals surface area contributed by atoms with Crippen molar-refractivity contribution in [1.29, 1.82) is 0 Å². The van der Waals surface area contributed by atoms with Crippen molar-refractivity contribution in [3.8, 4) is 0 Å². The monoisotopic (exact) mass is 472 g/mol. The molecule has 2 amide bonds. The molecule has 0 aliphatic carbocycles. The second kappa shape index (κ2) is 9.84. The van der Waals surface area contributed by atoms with E-state index < -0.39 is 5.82 Å². The van der Waals surface area contributed by atoms with Crippen LogP contribution in [-0.2, 0) is 13.1 Å². The predicted octanol–water partition coefficient (Wildman–Crippen LogP) is 3.60. The van der Waals surface area contributed by atoms with Crippen molar-refractivity contribution >= 4 is 28.5 Å². The van der Waals surface area contributed by atoms with Gasteiger partial charge in [0.15, 0.2) is 0 Å². The molecule has 4 rings (SSSR count). The van der Waals surface area contributed by atoms with Gasteiger partial charge in [0.2, 0.25) is 0 Å². The Labute approximate surface area is 202 Å². The maximum atomic E-state index is 14.4. The van der Waals surface area contributed by atoms with Gasteiger partial charge < -0.3 is 15.5 Å². The summed E-state index contributed by atoms with van der Waals surface area (Å²) >= 11 is 0. The van der Waals surface area contributed by atoms with Gasteiger partial charge in [-0.15, -0.1) is 0 Å². The third kappa shape index (κ3) is 5.24. The number of hydrogen-bond acceptors (Lipinski definition) is 6. The molecule has 35 heavy (non-hydrogen) atoms. The normalized spacial score (nSPS) is 10.9. The van der Waals surface area contributed by atoms with Gasteiger partial charge in [-0.3, -0.25) is 19.6 Å². The van der Waals surface area contributed by atoms with E-state index in [1.165, 1.54) is 34.3 Å². The first-order valence-electron chi connectivity index (χ1n) is 10.9. The maximum Gasteiger partial charge on any atom is 0.254 e. The number of nitrogen functional groups attached to an aromatic ring is 1. The first-order valence-corrected chi connectivity index (χ1v) is 10.9. The van der Waals surface area contributed by atoms with Gasteiger partial charge in [-0.2, -0.15) is 0 Å². The summed E-state index contributed by atoms with van der Waals surface area (Å²) in [6.07, 6.45) is 2.95. The van der Waals surface area contributed by atoms with Crippen LogP contribution in [0, 0.1) is 12.7 Å². The Hall–Kier alpha value is -4.40. The Morgan fingerprint density at radius 1 is 0.971 bits per heavy atom. The molecule has 2 N–H and O–H groups in total. The van der Waals surface area contributed by atoms with Gasteiger partial charge in [-0.25, -0.2) is 9.37 Å². The van der Waals surface area contributed by atoms with E-state index in [-0.39, 0.29) is 30.6 Å². The number of carbonyl (C=O) groups excluding carboxylic acids is 2. The zero-order valence-electron chi connectivity index (χ0n) is 19.7. The van der Waals surface area contributed by atoms with Crippen molar-refractivity contribution in [2.45, 2.75) is 20.0 Å². The molecule has 0 unspecified atom stereocenters. The summed E-state index contributed by atoms with van der Waals surface area (Å²) in [7, 11) is 3.32. The van der Waals surface area contributed by atoms with Crippen molar-refractivity contribution in [1.82, 2.24) is 24.8 Å². The fourth-order valence-electron chi connectivity index (χ4n) is 3.63. The van der Waals surface area contributed by atoms with Crippen molar-refractivity contribution < 1.29 is 14.0 Å². The molecule has 9 heteroatoms. The molecule has 0 saturated heterocycles. The van der Waals surface area contributed by atoms with E-state index in [9.17, 15) is 14.0 Å². The molecule has 0 bridgehead atoms. The van der Waals surface area contributed by atoms with Crippen LogP contribution in [0.4, 0.5) is 10.2 Å². The lowest BCUT2D eigenvalue weighted by molar-refractivity contribution is 0.0723. The van der Waals surface area contributed by atoms with Crippen molar-refractivity contribution in [2.75, 3.05) is 19.8 Å². The van der Waals surface area contributed by atoms with Gasteiger partial charge in [-0.1, -0.05) is 0 Å². The zero-order valence-corrected chi connectivity index (χ0v) is 19.7. The highest BCUT2D eigenvalue weighted by Gasteiger charge is 2.20. The van der Waals surface area contributed by atoms with Gasteiger partial charge in [0.05, 0.1) is 35.6 Å². The predicted molar refractivity (Wildman–Crippen MR) is 131 cm³/mol. The standard InChI is InChI=1S/C26H25FN6O2/c1-16-11-19-12-17(7-9-22(19)31-24(16)28)26(35)33(15-23-21(27)5-4-10-29-23)14-20-8-6-18(13-30-20)25(34)32(2)3/h4-13H,14-15H2,1-3H3,(H2,28,31). The van der Waals surface area contributed by atoms with Crippen LogP contribution in [0.25, 0.3) is 10.9 Å². The summed E-state index contributed by atoms with van der Waals surface area (Å²) in [5.41, 5.74) is 8.94. The Morgan fingerprint density at radius 3 is 2.43 bits per heavy atom. The molecule has 0 spiro atoms. The topological polar surface area (TPSA) is 105 Å². The quantitative estimate of drug-likeness (QED) is 0.460. The highest BCUT2D eigenvalue weighted by Crippen LogP contribution is 2.21. The molecule has 3 aromatic heterocycles. The Balaban J connectivity index is 1.67. The average Bonchev–Trinajstić information content (AvgIpc) is 2.85. The number of nitrogens with zero attached hydrogens (tertiary/aromatic N) is 5. The van der Waals surface area contributed by atoms with Gasteiger partial charge in [0, 0.05) is 37.4 Å². The molecule has 0 atom stereocenters. The summed E-state index contributed by atoms with van der Waals surface area (Å²) < 4.78 is 14.4. The number of hydrogen-bond donors (Lipinski definition) is 1. The Kier molecular flexibility index (Phi) is 6.68. The number of carbonyl (C=O) groups is 2. The molecule has 0 fully saturated rings. The minimum absolute atomic E-state index is 0.0530. The second-order valence-corrected chi connectivity index (χ2v) is 8.43. The summed E-state index contributed by atoms with van der Waals surface area (Å²) in [5.74, 6) is -0.556. The number of halogens is 1. The minimum atomic E-state index is -0.501. The van der Waals surface area contributed by atoms with E-state index in [2.05, 4.69) is 15.0 Å². The lowest BCUT2D eigenvalue weighted by Gasteiger charge is -2.23. The molecular weight excluding hydrogens is 447 g/mol. The summed E-state index contributed by atoms with van der Waals surface area (Å²) in [6, 6.07) is 13.2. The van der Waals surface area contributed by atoms with Crippen LogP contribution in [0.5, 0.6) is 0 Å². The number of amides is 2. The highest BCUT2D eigenvalue weighted by atomic mass is 19.1. The lowest BCUT2D eigenvalue weighted by Crippen LogP contribution is -2.31. The van der Waals surface area contributed by atoms with E-state index in [4.69, 9.17) is 5.73 Å². The molecule has 4 aromatic rings. The van der Waals surface area contributed by atoms with Crippen molar-refractivity contribution in [3.63, 3.8) is 0 Å². The molecule has 0 aliphatic rings.